The van der Waals surface area contributed by atoms with Crippen molar-refractivity contribution in [3.05, 3.63) is 34.4 Å². The molecule has 2 N–H and O–H groups in total. The highest BCUT2D eigenvalue weighted by Gasteiger charge is 2.23. The average Bonchev–Trinajstić information content (AvgIpc) is 2.82. The molecule has 1 aliphatic heterocycles. The molecule has 0 aromatic carbocycles. The Bertz CT molecular complexity index is 775. The number of piperidine rings is 1. The quantitative estimate of drug-likeness (QED) is 0.879. The van der Waals surface area contributed by atoms with Crippen LogP contribution in [0.3, 0.4) is 0 Å². The summed E-state index contributed by atoms with van der Waals surface area (Å²) < 4.78 is 1.74. The van der Waals surface area contributed by atoms with Crippen molar-refractivity contribution in [3.8, 4) is 5.95 Å². The van der Waals surface area contributed by atoms with E-state index in [-0.39, 0.29) is 24.4 Å². The van der Waals surface area contributed by atoms with Gasteiger partial charge in [-0.2, -0.15) is 5.10 Å². The number of carbonyl (C=O) groups is 1. The Morgan fingerprint density at radius 3 is 2.31 bits per heavy atom. The van der Waals surface area contributed by atoms with Gasteiger partial charge in [-0.25, -0.2) is 14.6 Å². The maximum Gasteiger partial charge on any atom is 0.251 e. The molecule has 0 saturated carbocycles. The molecular weight excluding hydrogens is 352 g/mol. The van der Waals surface area contributed by atoms with E-state index in [9.17, 15) is 4.79 Å². The lowest BCUT2D eigenvalue weighted by Crippen LogP contribution is -2.43. The summed E-state index contributed by atoms with van der Waals surface area (Å²) in [5, 5.41) is 4.57. The van der Waals surface area contributed by atoms with Crippen molar-refractivity contribution in [3.63, 3.8) is 0 Å². The second-order valence-electron chi connectivity index (χ2n) is 6.91. The van der Waals surface area contributed by atoms with Crippen LogP contribution in [0.2, 0.25) is 0 Å². The molecule has 7 nitrogen and oxygen atoms in total. The topological polar surface area (TPSA) is 89.9 Å². The van der Waals surface area contributed by atoms with Gasteiger partial charge in [0.1, 0.15) is 0 Å². The third-order valence-electron chi connectivity index (χ3n) is 4.82. The van der Waals surface area contributed by atoms with E-state index >= 15 is 0 Å². The molecule has 1 amide bonds. The number of rotatable bonds is 3. The number of carbonyl (C=O) groups excluding carboxylic acids is 1. The minimum atomic E-state index is 0. The Hall–Kier alpha value is -1.99. The van der Waals surface area contributed by atoms with Crippen molar-refractivity contribution >= 4 is 18.3 Å². The molecule has 0 aliphatic carbocycles. The van der Waals surface area contributed by atoms with Crippen LogP contribution in [0.4, 0.5) is 0 Å². The fourth-order valence-corrected chi connectivity index (χ4v) is 3.34. The van der Waals surface area contributed by atoms with Crippen LogP contribution in [0.1, 0.15) is 41.2 Å². The Morgan fingerprint density at radius 1 is 1.15 bits per heavy atom. The van der Waals surface area contributed by atoms with Gasteiger partial charge in [0.15, 0.2) is 0 Å². The number of aryl methyl sites for hydroxylation is 3. The molecule has 0 radical (unpaired) electrons. The Kier molecular flexibility index (Phi) is 6.36. The van der Waals surface area contributed by atoms with Crippen LogP contribution < -0.4 is 5.73 Å². The lowest BCUT2D eigenvalue weighted by Gasteiger charge is -2.30. The van der Waals surface area contributed by atoms with Gasteiger partial charge in [-0.3, -0.25) is 4.79 Å². The molecule has 0 spiro atoms. The maximum absolute atomic E-state index is 12.6. The van der Waals surface area contributed by atoms with E-state index in [1.807, 2.05) is 38.7 Å². The normalized spacial score (nSPS) is 15.0. The molecule has 1 saturated heterocycles. The minimum Gasteiger partial charge on any atom is -0.342 e. The van der Waals surface area contributed by atoms with Crippen LogP contribution in [0.15, 0.2) is 6.07 Å². The number of likely N-dealkylation sites (tertiary alicyclic amines) is 1. The van der Waals surface area contributed by atoms with E-state index in [1.165, 1.54) is 0 Å². The van der Waals surface area contributed by atoms with Crippen molar-refractivity contribution in [1.29, 1.82) is 0 Å². The van der Waals surface area contributed by atoms with Crippen LogP contribution >= 0.6 is 12.4 Å². The van der Waals surface area contributed by atoms with Gasteiger partial charge in [-0.1, -0.05) is 0 Å². The lowest BCUT2D eigenvalue weighted by molar-refractivity contribution is -0.131. The van der Waals surface area contributed by atoms with E-state index in [0.29, 0.717) is 12.4 Å². The van der Waals surface area contributed by atoms with Gasteiger partial charge in [-0.05, 0) is 46.6 Å². The molecule has 0 unspecified atom stereocenters. The number of halogens is 1. The monoisotopic (exact) mass is 378 g/mol. The fraction of sp³-hybridized carbons (Fsp3) is 0.556. The Morgan fingerprint density at radius 2 is 1.73 bits per heavy atom. The van der Waals surface area contributed by atoms with Gasteiger partial charge in [0, 0.05) is 41.8 Å². The predicted octanol–water partition coefficient (Wildman–Crippen LogP) is 1.81. The first kappa shape index (κ1) is 20.3. The summed E-state index contributed by atoms with van der Waals surface area (Å²) in [6.07, 6.45) is 2.11. The molecule has 26 heavy (non-hydrogen) atoms. The number of amides is 1. The smallest absolute Gasteiger partial charge is 0.251 e. The number of nitrogens with zero attached hydrogens (tertiary/aromatic N) is 5. The van der Waals surface area contributed by atoms with Crippen LogP contribution in [0, 0.1) is 27.7 Å². The van der Waals surface area contributed by atoms with Crippen molar-refractivity contribution in [2.45, 2.75) is 53.0 Å². The summed E-state index contributed by atoms with van der Waals surface area (Å²) in [7, 11) is 0. The Labute approximate surface area is 160 Å². The van der Waals surface area contributed by atoms with E-state index in [2.05, 4.69) is 15.1 Å². The molecule has 3 heterocycles. The van der Waals surface area contributed by atoms with Crippen molar-refractivity contribution in [2.75, 3.05) is 13.1 Å². The zero-order chi connectivity index (χ0) is 18.1. The third kappa shape index (κ3) is 4.22. The van der Waals surface area contributed by atoms with Crippen LogP contribution in [0.25, 0.3) is 5.95 Å². The summed E-state index contributed by atoms with van der Waals surface area (Å²) in [6.45, 7) is 9.26. The molecule has 1 aliphatic rings. The molecule has 0 bridgehead atoms. The molecule has 142 valence electrons. The maximum atomic E-state index is 12.6. The van der Waals surface area contributed by atoms with Crippen LogP contribution in [-0.4, -0.2) is 49.7 Å². The molecule has 2 aromatic heterocycles. The average molecular weight is 379 g/mol. The van der Waals surface area contributed by atoms with E-state index in [1.54, 1.807) is 4.68 Å². The molecule has 3 rings (SSSR count). The van der Waals surface area contributed by atoms with Gasteiger partial charge in [0.25, 0.3) is 5.95 Å². The van der Waals surface area contributed by atoms with Gasteiger partial charge >= 0.3 is 0 Å². The third-order valence-corrected chi connectivity index (χ3v) is 4.82. The second-order valence-corrected chi connectivity index (χ2v) is 6.91. The summed E-state index contributed by atoms with van der Waals surface area (Å²) in [5.74, 6) is 0.694. The highest BCUT2D eigenvalue weighted by Crippen LogP contribution is 2.19. The van der Waals surface area contributed by atoms with Gasteiger partial charge < -0.3 is 10.6 Å². The number of aromatic nitrogens is 4. The molecule has 0 atom stereocenters. The summed E-state index contributed by atoms with van der Waals surface area (Å²) in [6, 6.07) is 2.15. The minimum absolute atomic E-state index is 0. The highest BCUT2D eigenvalue weighted by atomic mass is 35.5. The molecule has 2 aromatic rings. The number of hydrogen-bond donors (Lipinski definition) is 1. The number of nitrogens with two attached hydrogens (primary N) is 1. The van der Waals surface area contributed by atoms with E-state index in [0.717, 1.165) is 54.3 Å². The number of hydrogen-bond acceptors (Lipinski definition) is 5. The van der Waals surface area contributed by atoms with Crippen LogP contribution in [-0.2, 0) is 11.2 Å². The fourth-order valence-electron chi connectivity index (χ4n) is 3.34. The Balaban J connectivity index is 0.00000243. The standard InChI is InChI=1S/C18H26N6O.ClH/c1-11-9-12(2)21-18(20-11)24-14(4)16(13(3)22-24)10-17(25)23-7-5-15(19)6-8-23;/h9,15H,5-8,10,19H2,1-4H3;1H. The molecule has 8 heteroatoms. The van der Waals surface area contributed by atoms with Gasteiger partial charge in [-0.15, -0.1) is 12.4 Å². The van der Waals surface area contributed by atoms with Crippen molar-refractivity contribution in [2.24, 2.45) is 5.73 Å². The molecule has 1 fully saturated rings. The molecular formula is C18H27ClN6O. The summed E-state index contributed by atoms with van der Waals surface area (Å²) in [5.41, 5.74) is 10.5. The second kappa shape index (κ2) is 8.14. The van der Waals surface area contributed by atoms with Crippen LogP contribution in [0.5, 0.6) is 0 Å². The van der Waals surface area contributed by atoms with Crippen molar-refractivity contribution in [1.82, 2.24) is 24.6 Å². The summed E-state index contributed by atoms with van der Waals surface area (Å²) >= 11 is 0. The first-order valence-corrected chi connectivity index (χ1v) is 8.76. The van der Waals surface area contributed by atoms with Gasteiger partial charge in [0.2, 0.25) is 5.91 Å². The largest absolute Gasteiger partial charge is 0.342 e. The van der Waals surface area contributed by atoms with E-state index in [4.69, 9.17) is 5.73 Å². The first-order chi connectivity index (χ1) is 11.8. The predicted molar refractivity (Wildman–Crippen MR) is 103 cm³/mol. The zero-order valence-corrected chi connectivity index (χ0v) is 16.6. The lowest BCUT2D eigenvalue weighted by atomic mass is 10.0. The van der Waals surface area contributed by atoms with Crippen molar-refractivity contribution < 1.29 is 4.79 Å². The van der Waals surface area contributed by atoms with E-state index < -0.39 is 0 Å². The van der Waals surface area contributed by atoms with Gasteiger partial charge in [0.05, 0.1) is 12.1 Å². The zero-order valence-electron chi connectivity index (χ0n) is 15.8. The first-order valence-electron chi connectivity index (χ1n) is 8.76. The highest BCUT2D eigenvalue weighted by molar-refractivity contribution is 5.85. The SMILES string of the molecule is Cc1cc(C)nc(-n2nc(C)c(CC(=O)N3CCC(N)CC3)c2C)n1.Cl. The summed E-state index contributed by atoms with van der Waals surface area (Å²) in [4.78, 5) is 23.5.